The maximum Gasteiger partial charge on any atom is 0.236 e. The van der Waals surface area contributed by atoms with E-state index in [2.05, 4.69) is 21.0 Å². The smallest absolute Gasteiger partial charge is 0.236 e. The molecule has 0 saturated carbocycles. The maximum absolute atomic E-state index is 13.6. The zero-order chi connectivity index (χ0) is 13.1. The van der Waals surface area contributed by atoms with Crippen molar-refractivity contribution >= 4 is 20.6 Å². The van der Waals surface area contributed by atoms with Crippen LogP contribution in [-0.4, -0.2) is 19.8 Å². The lowest BCUT2D eigenvalue weighted by Crippen LogP contribution is -2.05. The average molecular weight is 315 g/mol. The molecule has 0 aliphatic carbocycles. The summed E-state index contributed by atoms with van der Waals surface area (Å²) in [5, 5.41) is 12.5. The first-order valence-corrected chi connectivity index (χ1v) is 5.72. The predicted octanol–water partition coefficient (Wildman–Crippen LogP) is 2.37. The van der Waals surface area contributed by atoms with Gasteiger partial charge in [-0.3, -0.25) is 4.79 Å². The van der Waals surface area contributed by atoms with Crippen molar-refractivity contribution in [1.82, 2.24) is 9.94 Å². The summed E-state index contributed by atoms with van der Waals surface area (Å²) in [6.45, 7) is -0.156. The number of carbonyl (C=O) groups is 1. The fourth-order valence-electron chi connectivity index (χ4n) is 1.41. The molecule has 0 spiro atoms. The number of nitrogens with zero attached hydrogens (tertiary/aromatic N) is 2. The van der Waals surface area contributed by atoms with Gasteiger partial charge < -0.3 is 9.94 Å². The van der Waals surface area contributed by atoms with Crippen LogP contribution in [0.4, 0.5) is 4.39 Å². The number of aromatic nitrogens is 2. The van der Waals surface area contributed by atoms with Gasteiger partial charge in [-0.25, -0.2) is 4.39 Å². The van der Waals surface area contributed by atoms with Gasteiger partial charge >= 0.3 is 0 Å². The van der Waals surface area contributed by atoms with Crippen molar-refractivity contribution in [2.75, 3.05) is 0 Å². The normalized spacial score (nSPS) is 10.3. The monoisotopic (exact) mass is 314 g/mol. The third kappa shape index (κ3) is 2.67. The van der Waals surface area contributed by atoms with Crippen LogP contribution >= 0.6 is 15.9 Å². The molecule has 1 N–H and O–H groups in total. The molecular weight excluding hydrogens is 307 g/mol. The number of halogens is 2. The number of benzene rings is 1. The molecule has 1 aromatic heterocycles. The Hall–Kier alpha value is -1.89. The van der Waals surface area contributed by atoms with Crippen LogP contribution in [0.1, 0.15) is 15.9 Å². The minimum absolute atomic E-state index is 0.131. The minimum atomic E-state index is -0.538. The molecule has 94 valence electrons. The summed E-state index contributed by atoms with van der Waals surface area (Å²) in [5.41, 5.74) is 0.324. The Morgan fingerprint density at radius 3 is 2.89 bits per heavy atom. The third-order valence-corrected chi connectivity index (χ3v) is 2.67. The van der Waals surface area contributed by atoms with Gasteiger partial charge in [-0.1, -0.05) is 11.2 Å². The van der Waals surface area contributed by atoms with Crippen molar-refractivity contribution in [3.63, 3.8) is 0 Å². The van der Waals surface area contributed by atoms with Crippen molar-refractivity contribution in [3.05, 3.63) is 47.4 Å². The van der Waals surface area contributed by atoms with Crippen LogP contribution in [-0.2, 0) is 6.61 Å². The van der Waals surface area contributed by atoms with E-state index < -0.39 is 10.5 Å². The number of carbonyl (C=O) groups excluding carboxylic acids is 1. The lowest BCUT2D eigenvalue weighted by molar-refractivity contribution is 0.109. The Bertz CT molecular complexity index is 585. The molecule has 0 bridgehead atoms. The summed E-state index contributed by atoms with van der Waals surface area (Å²) in [4.78, 5) is 11.8. The minimum Gasteiger partial charge on any atom is -0.472 e. The van der Waals surface area contributed by atoms with Gasteiger partial charge in [-0.15, -0.1) is 4.85 Å². The summed E-state index contributed by atoms with van der Waals surface area (Å²) in [6, 6.07) is 5.58. The quantitative estimate of drug-likeness (QED) is 0.695. The number of rotatable bonds is 4. The zero-order valence-electron chi connectivity index (χ0n) is 9.01. The molecule has 2 aromatic rings. The van der Waals surface area contributed by atoms with Crippen molar-refractivity contribution in [2.45, 2.75) is 6.61 Å². The van der Waals surface area contributed by atoms with E-state index in [0.29, 0.717) is 4.85 Å². The second kappa shape index (κ2) is 5.18. The molecular formula is C11H8BrFN2O3. The summed E-state index contributed by atoms with van der Waals surface area (Å²) in [5.74, 6) is -0.405. The van der Waals surface area contributed by atoms with Crippen LogP contribution in [0.2, 0.25) is 0 Å². The van der Waals surface area contributed by atoms with Gasteiger partial charge in [-0.05, 0) is 28.1 Å². The zero-order valence-corrected chi connectivity index (χ0v) is 10.6. The molecule has 1 heterocycles. The number of hydrogen-bond acceptors (Lipinski definition) is 4. The standard InChI is InChI=1S/C11H8BrFN2O3/c12-11(16)7-2-1-3-9(13)8(7)6-18-10-4-5-15(17)14-10/h1-5,17H,6H2. The van der Waals surface area contributed by atoms with Gasteiger partial charge in [0.15, 0.2) is 0 Å². The second-order valence-corrected chi connectivity index (χ2v) is 4.12. The molecule has 0 fully saturated rings. The van der Waals surface area contributed by atoms with E-state index in [1.165, 1.54) is 30.5 Å². The molecule has 0 aliphatic heterocycles. The van der Waals surface area contributed by atoms with Gasteiger partial charge in [0.25, 0.3) is 0 Å². The van der Waals surface area contributed by atoms with Gasteiger partial charge in [-0.2, -0.15) is 0 Å². The second-order valence-electron chi connectivity index (χ2n) is 3.40. The lowest BCUT2D eigenvalue weighted by Gasteiger charge is -2.07. The fraction of sp³-hybridized carbons (Fsp3) is 0.0909. The highest BCUT2D eigenvalue weighted by atomic mass is 79.9. The Balaban J connectivity index is 2.20. The molecule has 0 amide bonds. The predicted molar refractivity (Wildman–Crippen MR) is 63.4 cm³/mol. The van der Waals surface area contributed by atoms with E-state index >= 15 is 0 Å². The van der Waals surface area contributed by atoms with Gasteiger partial charge in [0.05, 0.1) is 6.20 Å². The Morgan fingerprint density at radius 1 is 1.50 bits per heavy atom. The molecule has 0 saturated heterocycles. The highest BCUT2D eigenvalue weighted by Gasteiger charge is 2.14. The van der Waals surface area contributed by atoms with E-state index in [1.807, 2.05) is 0 Å². The fourth-order valence-corrected chi connectivity index (χ4v) is 1.78. The Morgan fingerprint density at radius 2 is 2.28 bits per heavy atom. The summed E-state index contributed by atoms with van der Waals surface area (Å²) in [7, 11) is 0. The van der Waals surface area contributed by atoms with Crippen LogP contribution in [0, 0.1) is 5.82 Å². The van der Waals surface area contributed by atoms with Crippen molar-refractivity contribution in [3.8, 4) is 5.88 Å². The third-order valence-electron chi connectivity index (χ3n) is 2.25. The first-order chi connectivity index (χ1) is 8.58. The largest absolute Gasteiger partial charge is 0.472 e. The van der Waals surface area contributed by atoms with Crippen LogP contribution in [0.5, 0.6) is 5.88 Å². The summed E-state index contributed by atoms with van der Waals surface area (Å²) in [6.07, 6.45) is 1.27. The van der Waals surface area contributed by atoms with Crippen molar-refractivity contribution in [1.29, 1.82) is 0 Å². The molecule has 0 radical (unpaired) electrons. The van der Waals surface area contributed by atoms with E-state index in [0.717, 1.165) is 0 Å². The Labute approximate surface area is 110 Å². The van der Waals surface area contributed by atoms with E-state index in [-0.39, 0.29) is 23.6 Å². The average Bonchev–Trinajstić information content (AvgIpc) is 2.73. The molecule has 18 heavy (non-hydrogen) atoms. The molecule has 1 aromatic carbocycles. The van der Waals surface area contributed by atoms with Crippen LogP contribution in [0.3, 0.4) is 0 Å². The van der Waals surface area contributed by atoms with E-state index in [1.54, 1.807) is 0 Å². The van der Waals surface area contributed by atoms with Crippen LogP contribution in [0.25, 0.3) is 0 Å². The first kappa shape index (κ1) is 12.6. The molecule has 2 rings (SSSR count). The van der Waals surface area contributed by atoms with Crippen LogP contribution < -0.4 is 4.74 Å². The highest BCUT2D eigenvalue weighted by Crippen LogP contribution is 2.18. The van der Waals surface area contributed by atoms with E-state index in [9.17, 15) is 9.18 Å². The molecule has 5 nitrogen and oxygen atoms in total. The van der Waals surface area contributed by atoms with Crippen LogP contribution in [0.15, 0.2) is 30.5 Å². The number of ether oxygens (including phenoxy) is 1. The SMILES string of the molecule is O=C(Br)c1cccc(F)c1COc1ccn(O)n1. The Kier molecular flexibility index (Phi) is 3.61. The molecule has 0 unspecified atom stereocenters. The van der Waals surface area contributed by atoms with E-state index in [4.69, 9.17) is 9.94 Å². The van der Waals surface area contributed by atoms with Crippen molar-refractivity contribution < 1.29 is 19.1 Å². The summed E-state index contributed by atoms with van der Waals surface area (Å²) >= 11 is 2.78. The number of hydrogen-bond donors (Lipinski definition) is 1. The first-order valence-electron chi connectivity index (χ1n) is 4.93. The maximum atomic E-state index is 13.6. The lowest BCUT2D eigenvalue weighted by atomic mass is 10.1. The highest BCUT2D eigenvalue weighted by molar-refractivity contribution is 9.18. The van der Waals surface area contributed by atoms with Gasteiger partial charge in [0.1, 0.15) is 12.4 Å². The summed E-state index contributed by atoms with van der Waals surface area (Å²) < 4.78 is 18.3. The molecule has 0 aliphatic rings. The molecule has 0 atom stereocenters. The van der Waals surface area contributed by atoms with Gasteiger partial charge in [0.2, 0.25) is 10.6 Å². The topological polar surface area (TPSA) is 64.3 Å². The van der Waals surface area contributed by atoms with Crippen molar-refractivity contribution in [2.24, 2.45) is 0 Å². The molecule has 7 heteroatoms. The van der Waals surface area contributed by atoms with Gasteiger partial charge in [0, 0.05) is 17.2 Å².